The predicted molar refractivity (Wildman–Crippen MR) is 115 cm³/mol. The molecule has 0 aromatic rings. The smallest absolute Gasteiger partial charge is 0.306 e. The molecule has 0 rings (SSSR count). The third-order valence-electron chi connectivity index (χ3n) is 5.07. The third kappa shape index (κ3) is 18.5. The fourth-order valence-corrected chi connectivity index (χ4v) is 3.54. The van der Waals surface area contributed by atoms with Crippen LogP contribution in [0.4, 0.5) is 0 Å². The van der Waals surface area contributed by atoms with Gasteiger partial charge in [0.05, 0.1) is 0 Å². The number of carbonyl (C=O) groups is 1. The fourth-order valence-electron chi connectivity index (χ4n) is 3.35. The van der Waals surface area contributed by atoms with E-state index in [1.165, 1.54) is 77.0 Å². The van der Waals surface area contributed by atoms with Crippen molar-refractivity contribution in [2.24, 2.45) is 0 Å². The molecule has 2 nitrogen and oxygen atoms in total. The lowest BCUT2D eigenvalue weighted by atomic mass is 10.0. The Morgan fingerprint density at radius 3 is 1.69 bits per heavy atom. The second kappa shape index (κ2) is 21.1. The summed E-state index contributed by atoms with van der Waals surface area (Å²) in [7, 11) is 0. The van der Waals surface area contributed by atoms with Crippen LogP contribution in [0.3, 0.4) is 0 Å². The van der Waals surface area contributed by atoms with Crippen LogP contribution in [0.1, 0.15) is 129 Å². The topological polar surface area (TPSA) is 26.3 Å². The number of esters is 1. The van der Waals surface area contributed by atoms with Gasteiger partial charge >= 0.3 is 5.97 Å². The normalized spacial score (nSPS) is 11.2. The third-order valence-corrected chi connectivity index (χ3v) is 5.34. The van der Waals surface area contributed by atoms with Gasteiger partial charge in [-0.15, -0.1) is 11.6 Å². The Morgan fingerprint density at radius 1 is 0.692 bits per heavy atom. The van der Waals surface area contributed by atoms with Gasteiger partial charge in [0.2, 0.25) is 0 Å². The van der Waals surface area contributed by atoms with Crippen molar-refractivity contribution in [3.63, 3.8) is 0 Å². The van der Waals surface area contributed by atoms with Crippen LogP contribution in [0.25, 0.3) is 0 Å². The molecule has 0 spiro atoms. The molecule has 0 saturated carbocycles. The summed E-state index contributed by atoms with van der Waals surface area (Å²) in [6, 6.07) is 0. The highest BCUT2D eigenvalue weighted by Crippen LogP contribution is 2.17. The largest absolute Gasteiger partial charge is 0.462 e. The highest BCUT2D eigenvalue weighted by Gasteiger charge is 2.14. The van der Waals surface area contributed by atoms with Gasteiger partial charge in [0.1, 0.15) is 6.10 Å². The van der Waals surface area contributed by atoms with Gasteiger partial charge in [-0.25, -0.2) is 0 Å². The maximum absolute atomic E-state index is 12.2. The van der Waals surface area contributed by atoms with Crippen molar-refractivity contribution in [1.82, 2.24) is 0 Å². The molecule has 0 radical (unpaired) electrons. The Bertz CT molecular complexity index is 280. The summed E-state index contributed by atoms with van der Waals surface area (Å²) < 4.78 is 5.83. The van der Waals surface area contributed by atoms with Crippen LogP contribution in [0.15, 0.2) is 0 Å². The minimum Gasteiger partial charge on any atom is -0.462 e. The van der Waals surface area contributed by atoms with Crippen LogP contribution < -0.4 is 0 Å². The van der Waals surface area contributed by atoms with E-state index in [0.717, 1.165) is 38.0 Å². The van der Waals surface area contributed by atoms with Gasteiger partial charge in [-0.1, -0.05) is 84.5 Å². The van der Waals surface area contributed by atoms with Crippen LogP contribution >= 0.6 is 11.6 Å². The fraction of sp³-hybridized carbons (Fsp3) is 0.957. The molecular formula is C23H45ClO2. The molecule has 0 bridgehead atoms. The van der Waals surface area contributed by atoms with E-state index < -0.39 is 0 Å². The maximum Gasteiger partial charge on any atom is 0.306 e. The Labute approximate surface area is 168 Å². The minimum atomic E-state index is 0.0226. The SMILES string of the molecule is CCCCCCCC(CCCCCCC)OC(=O)CCCCCCCCl. The molecule has 0 aliphatic rings. The van der Waals surface area contributed by atoms with Crippen molar-refractivity contribution < 1.29 is 9.53 Å². The molecule has 0 fully saturated rings. The number of ether oxygens (including phenoxy) is 1. The molecule has 0 aliphatic heterocycles. The molecule has 26 heavy (non-hydrogen) atoms. The quantitative estimate of drug-likeness (QED) is 0.119. The molecule has 0 N–H and O–H groups in total. The zero-order chi connectivity index (χ0) is 19.3. The molecule has 0 heterocycles. The van der Waals surface area contributed by atoms with Gasteiger partial charge in [0.25, 0.3) is 0 Å². The van der Waals surface area contributed by atoms with Crippen LogP contribution in [0, 0.1) is 0 Å². The Morgan fingerprint density at radius 2 is 1.15 bits per heavy atom. The van der Waals surface area contributed by atoms with Gasteiger partial charge in [0, 0.05) is 12.3 Å². The first-order valence-corrected chi connectivity index (χ1v) is 12.0. The highest BCUT2D eigenvalue weighted by molar-refractivity contribution is 6.17. The summed E-state index contributed by atoms with van der Waals surface area (Å²) >= 11 is 5.69. The van der Waals surface area contributed by atoms with E-state index in [2.05, 4.69) is 13.8 Å². The van der Waals surface area contributed by atoms with Gasteiger partial charge in [-0.3, -0.25) is 4.79 Å². The summed E-state index contributed by atoms with van der Waals surface area (Å²) in [4.78, 5) is 12.2. The second-order valence-electron chi connectivity index (χ2n) is 7.72. The summed E-state index contributed by atoms with van der Waals surface area (Å²) in [5.41, 5.74) is 0. The van der Waals surface area contributed by atoms with Gasteiger partial charge in [-0.2, -0.15) is 0 Å². The molecule has 0 aliphatic carbocycles. The zero-order valence-electron chi connectivity index (χ0n) is 17.7. The first-order valence-electron chi connectivity index (χ1n) is 11.5. The van der Waals surface area contributed by atoms with Crippen molar-refractivity contribution in [2.75, 3.05) is 5.88 Å². The van der Waals surface area contributed by atoms with Gasteiger partial charge in [0.15, 0.2) is 0 Å². The Balaban J connectivity index is 3.95. The standard InChI is InChI=1S/C23H45ClO2/c1-3-5-7-10-14-18-22(19-15-11-8-6-4-2)26-23(25)20-16-12-9-13-17-21-24/h22H,3-21H2,1-2H3. The zero-order valence-corrected chi connectivity index (χ0v) is 18.5. The Kier molecular flexibility index (Phi) is 20.9. The van der Waals surface area contributed by atoms with Crippen molar-refractivity contribution >= 4 is 17.6 Å². The Hall–Kier alpha value is -0.240. The van der Waals surface area contributed by atoms with E-state index in [1.807, 2.05) is 0 Å². The number of rotatable bonds is 20. The average Bonchev–Trinajstić information content (AvgIpc) is 2.64. The molecule has 0 saturated heterocycles. The van der Waals surface area contributed by atoms with E-state index in [1.54, 1.807) is 0 Å². The molecule has 0 atom stereocenters. The van der Waals surface area contributed by atoms with Crippen molar-refractivity contribution in [3.05, 3.63) is 0 Å². The van der Waals surface area contributed by atoms with Crippen molar-refractivity contribution in [1.29, 1.82) is 0 Å². The first-order chi connectivity index (χ1) is 12.7. The monoisotopic (exact) mass is 388 g/mol. The summed E-state index contributed by atoms with van der Waals surface area (Å²) in [5, 5.41) is 0. The number of halogens is 1. The summed E-state index contributed by atoms with van der Waals surface area (Å²) in [6.45, 7) is 4.49. The maximum atomic E-state index is 12.2. The van der Waals surface area contributed by atoms with Crippen LogP contribution in [-0.4, -0.2) is 18.0 Å². The molecule has 0 aromatic heterocycles. The average molecular weight is 389 g/mol. The second-order valence-corrected chi connectivity index (χ2v) is 8.10. The van der Waals surface area contributed by atoms with E-state index in [9.17, 15) is 4.79 Å². The lowest BCUT2D eigenvalue weighted by Crippen LogP contribution is -2.18. The number of hydrogen-bond acceptors (Lipinski definition) is 2. The summed E-state index contributed by atoms with van der Waals surface area (Å²) in [5.74, 6) is 0.773. The lowest BCUT2D eigenvalue weighted by molar-refractivity contribution is -0.150. The number of alkyl halides is 1. The molecule has 156 valence electrons. The van der Waals surface area contributed by atoms with E-state index >= 15 is 0 Å². The molecule has 0 amide bonds. The first kappa shape index (κ1) is 25.8. The van der Waals surface area contributed by atoms with Crippen LogP contribution in [0.2, 0.25) is 0 Å². The summed E-state index contributed by atoms with van der Waals surface area (Å²) in [6.07, 6.45) is 21.2. The predicted octanol–water partition coefficient (Wildman–Crippen LogP) is 8.20. The minimum absolute atomic E-state index is 0.0226. The van der Waals surface area contributed by atoms with Gasteiger partial charge in [-0.05, 0) is 38.5 Å². The van der Waals surface area contributed by atoms with E-state index in [-0.39, 0.29) is 12.1 Å². The highest BCUT2D eigenvalue weighted by atomic mass is 35.5. The number of carbonyl (C=O) groups excluding carboxylic acids is 1. The van der Waals surface area contributed by atoms with Crippen molar-refractivity contribution in [2.45, 2.75) is 136 Å². The molecule has 0 unspecified atom stereocenters. The molecule has 0 aromatic carbocycles. The number of hydrogen-bond donors (Lipinski definition) is 0. The number of unbranched alkanes of at least 4 members (excludes halogenated alkanes) is 12. The van der Waals surface area contributed by atoms with Crippen molar-refractivity contribution in [3.8, 4) is 0 Å². The molecule has 3 heteroatoms. The van der Waals surface area contributed by atoms with E-state index in [4.69, 9.17) is 16.3 Å². The lowest BCUT2D eigenvalue weighted by Gasteiger charge is -2.18. The van der Waals surface area contributed by atoms with Crippen LogP contribution in [-0.2, 0) is 9.53 Å². The van der Waals surface area contributed by atoms with Gasteiger partial charge < -0.3 is 4.74 Å². The van der Waals surface area contributed by atoms with Crippen LogP contribution in [0.5, 0.6) is 0 Å². The van der Waals surface area contributed by atoms with E-state index in [0.29, 0.717) is 6.42 Å². The molecular weight excluding hydrogens is 344 g/mol.